The topological polar surface area (TPSA) is 20.3 Å². The maximum absolute atomic E-state index is 10.4. The SMILES string of the molecule is CCCN1CCC(C=O)CC1. The molecule has 0 N–H and O–H groups in total. The zero-order valence-corrected chi connectivity index (χ0v) is 7.25. The Kier molecular flexibility index (Phi) is 3.57. The van der Waals surface area contributed by atoms with Crippen LogP contribution in [0.25, 0.3) is 0 Å². The fraction of sp³-hybridized carbons (Fsp3) is 0.889. The smallest absolute Gasteiger partial charge is 0.123 e. The lowest BCUT2D eigenvalue weighted by molar-refractivity contribution is -0.112. The summed E-state index contributed by atoms with van der Waals surface area (Å²) in [5, 5.41) is 0. The summed E-state index contributed by atoms with van der Waals surface area (Å²) in [7, 11) is 0. The summed E-state index contributed by atoms with van der Waals surface area (Å²) >= 11 is 0. The van der Waals surface area contributed by atoms with E-state index >= 15 is 0 Å². The number of hydrogen-bond donors (Lipinski definition) is 0. The molecule has 2 heteroatoms. The number of rotatable bonds is 3. The Hall–Kier alpha value is -0.370. The average molecular weight is 155 g/mol. The van der Waals surface area contributed by atoms with Gasteiger partial charge in [-0.15, -0.1) is 0 Å². The second kappa shape index (κ2) is 4.50. The first-order chi connectivity index (χ1) is 5.36. The summed E-state index contributed by atoms with van der Waals surface area (Å²) in [6, 6.07) is 0. The number of likely N-dealkylation sites (tertiary alicyclic amines) is 1. The molecule has 0 aliphatic carbocycles. The van der Waals surface area contributed by atoms with Gasteiger partial charge in [0, 0.05) is 5.92 Å². The normalized spacial score (nSPS) is 21.9. The van der Waals surface area contributed by atoms with Crippen LogP contribution in [0, 0.1) is 5.92 Å². The van der Waals surface area contributed by atoms with Gasteiger partial charge in [0.1, 0.15) is 6.29 Å². The lowest BCUT2D eigenvalue weighted by Gasteiger charge is -2.28. The summed E-state index contributed by atoms with van der Waals surface area (Å²) in [6.07, 6.45) is 4.49. The summed E-state index contributed by atoms with van der Waals surface area (Å²) < 4.78 is 0. The fourth-order valence-electron chi connectivity index (χ4n) is 1.63. The van der Waals surface area contributed by atoms with Crippen LogP contribution in [-0.2, 0) is 4.79 Å². The van der Waals surface area contributed by atoms with Gasteiger partial charge in [-0.05, 0) is 38.9 Å². The highest BCUT2D eigenvalue weighted by molar-refractivity contribution is 5.53. The molecule has 0 aromatic heterocycles. The molecule has 1 fully saturated rings. The van der Waals surface area contributed by atoms with Crippen molar-refractivity contribution in [3.05, 3.63) is 0 Å². The van der Waals surface area contributed by atoms with Crippen molar-refractivity contribution in [3.8, 4) is 0 Å². The van der Waals surface area contributed by atoms with Crippen LogP contribution < -0.4 is 0 Å². The molecule has 0 atom stereocenters. The summed E-state index contributed by atoms with van der Waals surface area (Å²) in [5.41, 5.74) is 0. The molecule has 1 aliphatic heterocycles. The molecule has 0 aromatic carbocycles. The minimum atomic E-state index is 0.350. The molecule has 0 radical (unpaired) electrons. The summed E-state index contributed by atoms with van der Waals surface area (Å²) in [6.45, 7) is 5.64. The van der Waals surface area contributed by atoms with Crippen molar-refractivity contribution < 1.29 is 4.79 Å². The van der Waals surface area contributed by atoms with Gasteiger partial charge in [-0.2, -0.15) is 0 Å². The first kappa shape index (κ1) is 8.72. The third kappa shape index (κ3) is 2.62. The molecule has 0 spiro atoms. The Labute approximate surface area is 68.6 Å². The van der Waals surface area contributed by atoms with Crippen molar-refractivity contribution in [2.24, 2.45) is 5.92 Å². The number of piperidine rings is 1. The van der Waals surface area contributed by atoms with E-state index in [9.17, 15) is 4.79 Å². The van der Waals surface area contributed by atoms with Gasteiger partial charge in [-0.1, -0.05) is 6.92 Å². The second-order valence-corrected chi connectivity index (χ2v) is 3.32. The molecule has 0 bridgehead atoms. The molecule has 2 nitrogen and oxygen atoms in total. The lowest BCUT2D eigenvalue weighted by atomic mass is 9.99. The van der Waals surface area contributed by atoms with Gasteiger partial charge in [0.25, 0.3) is 0 Å². The number of hydrogen-bond acceptors (Lipinski definition) is 2. The van der Waals surface area contributed by atoms with E-state index in [1.165, 1.54) is 13.0 Å². The van der Waals surface area contributed by atoms with Crippen molar-refractivity contribution in [2.45, 2.75) is 26.2 Å². The average Bonchev–Trinajstić information content (AvgIpc) is 2.07. The third-order valence-corrected chi connectivity index (χ3v) is 2.36. The fourth-order valence-corrected chi connectivity index (χ4v) is 1.63. The van der Waals surface area contributed by atoms with Gasteiger partial charge < -0.3 is 9.69 Å². The highest BCUT2D eigenvalue weighted by atomic mass is 16.1. The predicted molar refractivity (Wildman–Crippen MR) is 45.5 cm³/mol. The van der Waals surface area contributed by atoms with Crippen molar-refractivity contribution in [3.63, 3.8) is 0 Å². The first-order valence-electron chi connectivity index (χ1n) is 4.54. The minimum Gasteiger partial charge on any atom is -0.303 e. The number of carbonyl (C=O) groups excluding carboxylic acids is 1. The molecular weight excluding hydrogens is 138 g/mol. The van der Waals surface area contributed by atoms with Gasteiger partial charge in [-0.3, -0.25) is 0 Å². The Morgan fingerprint density at radius 3 is 2.55 bits per heavy atom. The van der Waals surface area contributed by atoms with Crippen LogP contribution >= 0.6 is 0 Å². The maximum Gasteiger partial charge on any atom is 0.123 e. The van der Waals surface area contributed by atoms with E-state index in [4.69, 9.17) is 0 Å². The van der Waals surface area contributed by atoms with Crippen molar-refractivity contribution >= 4 is 6.29 Å². The minimum absolute atomic E-state index is 0.350. The molecular formula is C9H17NO. The van der Waals surface area contributed by atoms with Crippen LogP contribution in [0.3, 0.4) is 0 Å². The molecule has 0 saturated carbocycles. The Morgan fingerprint density at radius 2 is 2.09 bits per heavy atom. The molecule has 64 valence electrons. The largest absolute Gasteiger partial charge is 0.303 e. The highest BCUT2D eigenvalue weighted by Crippen LogP contribution is 2.14. The maximum atomic E-state index is 10.4. The second-order valence-electron chi connectivity index (χ2n) is 3.32. The van der Waals surface area contributed by atoms with Crippen molar-refractivity contribution in [1.82, 2.24) is 4.90 Å². The van der Waals surface area contributed by atoms with E-state index in [1.807, 2.05) is 0 Å². The summed E-state index contributed by atoms with van der Waals surface area (Å²) in [5.74, 6) is 0.350. The number of carbonyl (C=O) groups is 1. The van der Waals surface area contributed by atoms with Crippen LogP contribution in [0.2, 0.25) is 0 Å². The Balaban J connectivity index is 2.18. The molecule has 0 unspecified atom stereocenters. The zero-order chi connectivity index (χ0) is 8.10. The van der Waals surface area contributed by atoms with Gasteiger partial charge in [0.2, 0.25) is 0 Å². The van der Waals surface area contributed by atoms with Crippen molar-refractivity contribution in [2.75, 3.05) is 19.6 Å². The highest BCUT2D eigenvalue weighted by Gasteiger charge is 2.16. The van der Waals surface area contributed by atoms with Crippen LogP contribution in [-0.4, -0.2) is 30.8 Å². The van der Waals surface area contributed by atoms with Crippen LogP contribution in [0.4, 0.5) is 0 Å². The molecule has 1 rings (SSSR count). The van der Waals surface area contributed by atoms with E-state index in [1.54, 1.807) is 0 Å². The molecule has 1 heterocycles. The van der Waals surface area contributed by atoms with E-state index < -0.39 is 0 Å². The van der Waals surface area contributed by atoms with E-state index in [-0.39, 0.29) is 0 Å². The van der Waals surface area contributed by atoms with Gasteiger partial charge in [0.05, 0.1) is 0 Å². The molecule has 11 heavy (non-hydrogen) atoms. The molecule has 1 aliphatic rings. The predicted octanol–water partition coefficient (Wildman–Crippen LogP) is 1.31. The number of nitrogens with zero attached hydrogens (tertiary/aromatic N) is 1. The monoisotopic (exact) mass is 155 g/mol. The lowest BCUT2D eigenvalue weighted by Crippen LogP contribution is -2.34. The zero-order valence-electron chi connectivity index (χ0n) is 7.25. The van der Waals surface area contributed by atoms with Crippen molar-refractivity contribution in [1.29, 1.82) is 0 Å². The number of aldehydes is 1. The first-order valence-corrected chi connectivity index (χ1v) is 4.54. The third-order valence-electron chi connectivity index (χ3n) is 2.36. The Bertz CT molecular complexity index is 117. The van der Waals surface area contributed by atoms with Crippen LogP contribution in [0.15, 0.2) is 0 Å². The van der Waals surface area contributed by atoms with E-state index in [0.717, 1.165) is 32.2 Å². The van der Waals surface area contributed by atoms with E-state index in [2.05, 4.69) is 11.8 Å². The molecule has 0 amide bonds. The van der Waals surface area contributed by atoms with Crippen LogP contribution in [0.5, 0.6) is 0 Å². The van der Waals surface area contributed by atoms with Gasteiger partial charge >= 0.3 is 0 Å². The van der Waals surface area contributed by atoms with Gasteiger partial charge in [-0.25, -0.2) is 0 Å². The molecule has 0 aromatic rings. The standard InChI is InChI=1S/C9H17NO/c1-2-5-10-6-3-9(8-11)4-7-10/h8-9H,2-7H2,1H3. The van der Waals surface area contributed by atoms with E-state index in [0.29, 0.717) is 5.92 Å². The van der Waals surface area contributed by atoms with Crippen LogP contribution in [0.1, 0.15) is 26.2 Å². The molecule has 1 saturated heterocycles. The quantitative estimate of drug-likeness (QED) is 0.573. The van der Waals surface area contributed by atoms with Gasteiger partial charge in [0.15, 0.2) is 0 Å². The summed E-state index contributed by atoms with van der Waals surface area (Å²) in [4.78, 5) is 12.9. The Morgan fingerprint density at radius 1 is 1.45 bits per heavy atom.